The molecule has 0 aliphatic heterocycles. The van der Waals surface area contributed by atoms with Crippen LogP contribution in [0.1, 0.15) is 31.7 Å². The summed E-state index contributed by atoms with van der Waals surface area (Å²) in [6, 6.07) is 5.44. The van der Waals surface area contributed by atoms with Crippen LogP contribution in [-0.4, -0.2) is 32.1 Å². The Morgan fingerprint density at radius 2 is 2.05 bits per heavy atom. The predicted octanol–water partition coefficient (Wildman–Crippen LogP) is 2.74. The molecule has 122 valence electrons. The minimum atomic E-state index is -0.288. The van der Waals surface area contributed by atoms with Crippen molar-refractivity contribution in [2.75, 3.05) is 20.3 Å². The minimum absolute atomic E-state index is 0.102. The van der Waals surface area contributed by atoms with E-state index in [2.05, 4.69) is 5.32 Å². The predicted molar refractivity (Wildman–Crippen MR) is 85.2 cm³/mol. The van der Waals surface area contributed by atoms with Crippen LogP contribution in [0, 0.1) is 0 Å². The van der Waals surface area contributed by atoms with Crippen molar-refractivity contribution in [2.45, 2.75) is 32.6 Å². The molecule has 5 nitrogen and oxygen atoms in total. The summed E-state index contributed by atoms with van der Waals surface area (Å²) >= 11 is 6.03. The molecular formula is C16H22ClNO4. The van der Waals surface area contributed by atoms with E-state index in [1.165, 1.54) is 0 Å². The molecule has 22 heavy (non-hydrogen) atoms. The maximum absolute atomic E-state index is 11.7. The van der Waals surface area contributed by atoms with Gasteiger partial charge in [0.05, 0.1) is 25.2 Å². The van der Waals surface area contributed by atoms with Gasteiger partial charge >= 0.3 is 5.97 Å². The Labute approximate surface area is 135 Å². The number of hydrogen-bond donors (Lipinski definition) is 1. The van der Waals surface area contributed by atoms with Crippen LogP contribution in [0.15, 0.2) is 18.2 Å². The number of hydrogen-bond acceptors (Lipinski definition) is 4. The van der Waals surface area contributed by atoms with Gasteiger partial charge in [0.2, 0.25) is 5.91 Å². The number of carbonyl (C=O) groups excluding carboxylic acids is 2. The van der Waals surface area contributed by atoms with E-state index in [1.807, 2.05) is 13.0 Å². The van der Waals surface area contributed by atoms with Crippen LogP contribution in [0.25, 0.3) is 0 Å². The summed E-state index contributed by atoms with van der Waals surface area (Å²) in [5.41, 5.74) is 0.961. The maximum atomic E-state index is 11.7. The van der Waals surface area contributed by atoms with Crippen molar-refractivity contribution in [3.8, 4) is 5.75 Å². The Morgan fingerprint density at radius 3 is 2.68 bits per heavy atom. The Hall–Kier alpha value is -1.75. The molecule has 0 unspecified atom stereocenters. The normalized spacial score (nSPS) is 10.1. The number of carbonyl (C=O) groups is 2. The van der Waals surface area contributed by atoms with Crippen molar-refractivity contribution in [2.24, 2.45) is 0 Å². The van der Waals surface area contributed by atoms with E-state index in [0.29, 0.717) is 36.8 Å². The first kappa shape index (κ1) is 18.3. The number of rotatable bonds is 9. The van der Waals surface area contributed by atoms with E-state index in [-0.39, 0.29) is 18.3 Å². The van der Waals surface area contributed by atoms with Gasteiger partial charge in [0, 0.05) is 13.0 Å². The molecule has 0 heterocycles. The Morgan fingerprint density at radius 1 is 1.27 bits per heavy atom. The third-order valence-corrected chi connectivity index (χ3v) is 3.27. The van der Waals surface area contributed by atoms with Crippen LogP contribution in [-0.2, 0) is 20.7 Å². The number of aryl methyl sites for hydroxylation is 1. The molecule has 0 aliphatic carbocycles. The summed E-state index contributed by atoms with van der Waals surface area (Å²) in [5, 5.41) is 3.23. The van der Waals surface area contributed by atoms with Crippen molar-refractivity contribution < 1.29 is 19.1 Å². The fourth-order valence-corrected chi connectivity index (χ4v) is 2.08. The highest BCUT2D eigenvalue weighted by atomic mass is 35.5. The molecule has 6 heteroatoms. The van der Waals surface area contributed by atoms with Crippen LogP contribution in [0.2, 0.25) is 5.02 Å². The molecule has 0 aliphatic rings. The molecular weight excluding hydrogens is 306 g/mol. The van der Waals surface area contributed by atoms with Gasteiger partial charge in [0.1, 0.15) is 5.75 Å². The molecule has 1 aromatic rings. The summed E-state index contributed by atoms with van der Waals surface area (Å²) in [6.07, 6.45) is 1.91. The van der Waals surface area contributed by atoms with E-state index < -0.39 is 0 Å². The molecule has 1 N–H and O–H groups in total. The summed E-state index contributed by atoms with van der Waals surface area (Å²) in [7, 11) is 1.56. The third kappa shape index (κ3) is 6.80. The molecule has 0 bridgehead atoms. The van der Waals surface area contributed by atoms with Gasteiger partial charge in [0.25, 0.3) is 0 Å². The summed E-state index contributed by atoms with van der Waals surface area (Å²) in [6.45, 7) is 2.65. The monoisotopic (exact) mass is 327 g/mol. The number of ether oxygens (including phenoxy) is 2. The highest BCUT2D eigenvalue weighted by molar-refractivity contribution is 6.32. The van der Waals surface area contributed by atoms with Crippen LogP contribution < -0.4 is 10.1 Å². The molecule has 1 rings (SSSR count). The lowest BCUT2D eigenvalue weighted by Crippen LogP contribution is -2.26. The largest absolute Gasteiger partial charge is 0.495 e. The molecule has 1 aromatic carbocycles. The highest BCUT2D eigenvalue weighted by Crippen LogP contribution is 2.25. The van der Waals surface area contributed by atoms with Gasteiger partial charge in [0.15, 0.2) is 0 Å². The van der Waals surface area contributed by atoms with Gasteiger partial charge in [-0.1, -0.05) is 24.6 Å². The van der Waals surface area contributed by atoms with Crippen LogP contribution in [0.4, 0.5) is 0 Å². The zero-order chi connectivity index (χ0) is 16.4. The first-order valence-electron chi connectivity index (χ1n) is 7.31. The Balaban J connectivity index is 2.25. The summed E-state index contributed by atoms with van der Waals surface area (Å²) in [5.74, 6) is 0.222. The van der Waals surface area contributed by atoms with Gasteiger partial charge in [-0.25, -0.2) is 0 Å². The van der Waals surface area contributed by atoms with E-state index in [0.717, 1.165) is 12.0 Å². The Kier molecular flexibility index (Phi) is 8.36. The minimum Gasteiger partial charge on any atom is -0.495 e. The quantitative estimate of drug-likeness (QED) is 0.708. The third-order valence-electron chi connectivity index (χ3n) is 2.98. The molecule has 0 fully saturated rings. The summed E-state index contributed by atoms with van der Waals surface area (Å²) < 4.78 is 9.99. The van der Waals surface area contributed by atoms with Crippen molar-refractivity contribution in [1.82, 2.24) is 5.32 Å². The van der Waals surface area contributed by atoms with Crippen LogP contribution >= 0.6 is 11.6 Å². The molecule has 0 atom stereocenters. The lowest BCUT2D eigenvalue weighted by Gasteiger charge is -2.07. The van der Waals surface area contributed by atoms with E-state index >= 15 is 0 Å². The lowest BCUT2D eigenvalue weighted by molar-refractivity contribution is -0.143. The number of esters is 1. The van der Waals surface area contributed by atoms with E-state index in [4.69, 9.17) is 21.1 Å². The second-order valence-electron chi connectivity index (χ2n) is 4.79. The van der Waals surface area contributed by atoms with Crippen LogP contribution in [0.3, 0.4) is 0 Å². The molecule has 0 spiro atoms. The number of amides is 1. The average molecular weight is 328 g/mol. The summed E-state index contributed by atoms with van der Waals surface area (Å²) in [4.78, 5) is 23.0. The van der Waals surface area contributed by atoms with Gasteiger partial charge in [-0.15, -0.1) is 0 Å². The number of methoxy groups -OCH3 is 1. The molecule has 0 saturated carbocycles. The highest BCUT2D eigenvalue weighted by Gasteiger charge is 2.07. The number of nitrogens with one attached hydrogen (secondary N) is 1. The second-order valence-corrected chi connectivity index (χ2v) is 5.20. The van der Waals surface area contributed by atoms with E-state index in [1.54, 1.807) is 19.2 Å². The maximum Gasteiger partial charge on any atom is 0.307 e. The smallest absolute Gasteiger partial charge is 0.307 e. The number of halogens is 1. The topological polar surface area (TPSA) is 64.6 Å². The molecule has 0 aromatic heterocycles. The Bertz CT molecular complexity index is 505. The number of benzene rings is 1. The van der Waals surface area contributed by atoms with Crippen molar-refractivity contribution in [3.63, 3.8) is 0 Å². The van der Waals surface area contributed by atoms with Gasteiger partial charge in [-0.2, -0.15) is 0 Å². The van der Waals surface area contributed by atoms with Gasteiger partial charge < -0.3 is 14.8 Å². The fourth-order valence-electron chi connectivity index (χ4n) is 1.80. The van der Waals surface area contributed by atoms with Gasteiger partial charge in [-0.3, -0.25) is 9.59 Å². The zero-order valence-corrected chi connectivity index (χ0v) is 13.7. The molecule has 0 radical (unpaired) electrons. The van der Waals surface area contributed by atoms with Gasteiger partial charge in [-0.05, 0) is 30.5 Å². The second kappa shape index (κ2) is 10.1. The van der Waals surface area contributed by atoms with E-state index in [9.17, 15) is 9.59 Å². The molecule has 0 saturated heterocycles. The average Bonchev–Trinajstić information content (AvgIpc) is 2.51. The first-order chi connectivity index (χ1) is 10.6. The van der Waals surface area contributed by atoms with Crippen molar-refractivity contribution in [3.05, 3.63) is 28.8 Å². The van der Waals surface area contributed by atoms with Crippen molar-refractivity contribution >= 4 is 23.5 Å². The van der Waals surface area contributed by atoms with Crippen molar-refractivity contribution in [1.29, 1.82) is 0 Å². The zero-order valence-electron chi connectivity index (χ0n) is 13.0. The standard InChI is InChI=1S/C16H22ClNO4/c1-3-10-22-16(20)8-9-18-15(19)7-5-12-4-6-14(21-2)13(17)11-12/h4,6,11H,3,5,7-10H2,1-2H3,(H,18,19). The fraction of sp³-hybridized carbons (Fsp3) is 0.500. The first-order valence-corrected chi connectivity index (χ1v) is 7.69. The lowest BCUT2D eigenvalue weighted by atomic mass is 10.1. The SMILES string of the molecule is CCCOC(=O)CCNC(=O)CCc1ccc(OC)c(Cl)c1. The van der Waals surface area contributed by atoms with Crippen LogP contribution in [0.5, 0.6) is 5.75 Å². The molecule has 1 amide bonds.